The normalized spacial score (nSPS) is 10.3. The summed E-state index contributed by atoms with van der Waals surface area (Å²) in [6.45, 7) is 0. The van der Waals surface area contributed by atoms with Gasteiger partial charge in [0.15, 0.2) is 0 Å². The Kier molecular flexibility index (Phi) is 4.56. The zero-order valence-corrected chi connectivity index (χ0v) is 12.1. The van der Waals surface area contributed by atoms with Gasteiger partial charge in [-0.3, -0.25) is 4.79 Å². The highest BCUT2D eigenvalue weighted by molar-refractivity contribution is 9.10. The minimum atomic E-state index is -0.350. The smallest absolute Gasteiger partial charge is 0.228 e. The third-order valence-corrected chi connectivity index (χ3v) is 3.69. The minimum Gasteiger partial charge on any atom is -0.326 e. The molecule has 1 amide bonds. The molecule has 0 unspecified atom stereocenters. The van der Waals surface area contributed by atoms with Crippen LogP contribution in [0.2, 0.25) is 5.02 Å². The molecule has 0 aliphatic carbocycles. The molecule has 0 spiro atoms. The van der Waals surface area contributed by atoms with Crippen molar-refractivity contribution < 1.29 is 9.18 Å². The van der Waals surface area contributed by atoms with Crippen LogP contribution in [0.15, 0.2) is 46.9 Å². The summed E-state index contributed by atoms with van der Waals surface area (Å²) in [4.78, 5) is 11.8. The Morgan fingerprint density at radius 3 is 2.74 bits per heavy atom. The van der Waals surface area contributed by atoms with Crippen LogP contribution in [-0.2, 0) is 11.2 Å². The standard InChI is InChI=1S/C14H10BrClFNO/c15-12-5-4-11(8-13(12)16)18-14(19)7-9-2-1-3-10(17)6-9/h1-6,8H,7H2,(H,18,19). The predicted octanol–water partition coefficient (Wildman–Crippen LogP) is 4.42. The number of benzene rings is 2. The molecular weight excluding hydrogens is 333 g/mol. The Bertz CT molecular complexity index is 618. The second-order valence-corrected chi connectivity index (χ2v) is 5.25. The molecule has 98 valence electrons. The van der Waals surface area contributed by atoms with Crippen molar-refractivity contribution in [3.63, 3.8) is 0 Å². The van der Waals surface area contributed by atoms with Gasteiger partial charge >= 0.3 is 0 Å². The first-order valence-electron chi connectivity index (χ1n) is 5.54. The van der Waals surface area contributed by atoms with Gasteiger partial charge < -0.3 is 5.32 Å². The Balaban J connectivity index is 2.03. The molecule has 0 aliphatic heterocycles. The topological polar surface area (TPSA) is 29.1 Å². The highest BCUT2D eigenvalue weighted by Gasteiger charge is 2.06. The SMILES string of the molecule is O=C(Cc1cccc(F)c1)Nc1ccc(Br)c(Cl)c1. The summed E-state index contributed by atoms with van der Waals surface area (Å²) >= 11 is 9.20. The van der Waals surface area contributed by atoms with Crippen molar-refractivity contribution in [3.8, 4) is 0 Å². The van der Waals surface area contributed by atoms with Crippen LogP contribution in [0, 0.1) is 5.82 Å². The average molecular weight is 343 g/mol. The summed E-state index contributed by atoms with van der Waals surface area (Å²) < 4.78 is 13.7. The van der Waals surface area contributed by atoms with Crippen LogP contribution in [0.1, 0.15) is 5.56 Å². The lowest BCUT2D eigenvalue weighted by Crippen LogP contribution is -2.14. The molecule has 5 heteroatoms. The molecule has 0 saturated heterocycles. The van der Waals surface area contributed by atoms with Gasteiger partial charge in [-0.25, -0.2) is 4.39 Å². The lowest BCUT2D eigenvalue weighted by atomic mass is 10.1. The monoisotopic (exact) mass is 341 g/mol. The van der Waals surface area contributed by atoms with E-state index in [9.17, 15) is 9.18 Å². The molecule has 2 nitrogen and oxygen atoms in total. The van der Waals surface area contributed by atoms with Crippen LogP contribution < -0.4 is 5.32 Å². The minimum absolute atomic E-state index is 0.117. The molecule has 0 atom stereocenters. The van der Waals surface area contributed by atoms with Gasteiger partial charge in [-0.2, -0.15) is 0 Å². The van der Waals surface area contributed by atoms with Gasteiger partial charge in [-0.1, -0.05) is 23.7 Å². The molecule has 2 rings (SSSR count). The molecule has 1 N–H and O–H groups in total. The fraction of sp³-hybridized carbons (Fsp3) is 0.0714. The van der Waals surface area contributed by atoms with E-state index in [4.69, 9.17) is 11.6 Å². The second kappa shape index (κ2) is 6.17. The molecule has 2 aromatic rings. The van der Waals surface area contributed by atoms with E-state index >= 15 is 0 Å². The van der Waals surface area contributed by atoms with Crippen molar-refractivity contribution in [2.45, 2.75) is 6.42 Å². The molecule has 0 heterocycles. The van der Waals surface area contributed by atoms with Gasteiger partial charge in [0.1, 0.15) is 5.82 Å². The average Bonchev–Trinajstić information content (AvgIpc) is 2.34. The van der Waals surface area contributed by atoms with Crippen molar-refractivity contribution in [1.29, 1.82) is 0 Å². The molecule has 0 radical (unpaired) electrons. The van der Waals surface area contributed by atoms with E-state index < -0.39 is 0 Å². The maximum Gasteiger partial charge on any atom is 0.228 e. The van der Waals surface area contributed by atoms with Gasteiger partial charge in [0.2, 0.25) is 5.91 Å². The fourth-order valence-electron chi connectivity index (χ4n) is 1.61. The molecule has 0 aromatic heterocycles. The maximum absolute atomic E-state index is 13.0. The zero-order chi connectivity index (χ0) is 13.8. The summed E-state index contributed by atoms with van der Waals surface area (Å²) in [5, 5.41) is 3.23. The van der Waals surface area contributed by atoms with Crippen molar-refractivity contribution in [2.24, 2.45) is 0 Å². The van der Waals surface area contributed by atoms with Gasteiger partial charge in [0.25, 0.3) is 0 Å². The highest BCUT2D eigenvalue weighted by Crippen LogP contribution is 2.25. The van der Waals surface area contributed by atoms with E-state index in [1.807, 2.05) is 0 Å². The molecule has 19 heavy (non-hydrogen) atoms. The molecular formula is C14H10BrClFNO. The third-order valence-electron chi connectivity index (χ3n) is 2.46. The predicted molar refractivity (Wildman–Crippen MR) is 77.9 cm³/mol. The van der Waals surface area contributed by atoms with E-state index in [2.05, 4.69) is 21.2 Å². The number of hydrogen-bond donors (Lipinski definition) is 1. The fourth-order valence-corrected chi connectivity index (χ4v) is 2.04. The second-order valence-electron chi connectivity index (χ2n) is 3.98. The number of rotatable bonds is 3. The van der Waals surface area contributed by atoms with Crippen LogP contribution in [0.5, 0.6) is 0 Å². The molecule has 2 aromatic carbocycles. The van der Waals surface area contributed by atoms with Gasteiger partial charge in [-0.05, 0) is 51.8 Å². The number of anilines is 1. The van der Waals surface area contributed by atoms with Gasteiger partial charge in [0, 0.05) is 10.2 Å². The lowest BCUT2D eigenvalue weighted by Gasteiger charge is -2.06. The number of hydrogen-bond acceptors (Lipinski definition) is 1. The quantitative estimate of drug-likeness (QED) is 0.879. The van der Waals surface area contributed by atoms with E-state index in [0.29, 0.717) is 16.3 Å². The maximum atomic E-state index is 13.0. The van der Waals surface area contributed by atoms with Gasteiger partial charge in [-0.15, -0.1) is 0 Å². The van der Waals surface area contributed by atoms with Crippen LogP contribution in [0.3, 0.4) is 0 Å². The van der Waals surface area contributed by atoms with Crippen LogP contribution in [0.25, 0.3) is 0 Å². The summed E-state index contributed by atoms with van der Waals surface area (Å²) in [5.74, 6) is -0.569. The van der Waals surface area contributed by atoms with Gasteiger partial charge in [0.05, 0.1) is 11.4 Å². The zero-order valence-electron chi connectivity index (χ0n) is 9.79. The van der Waals surface area contributed by atoms with Crippen molar-refractivity contribution in [3.05, 3.63) is 63.3 Å². The van der Waals surface area contributed by atoms with Crippen molar-refractivity contribution >= 4 is 39.1 Å². The Labute approximate surface area is 123 Å². The molecule has 0 saturated carbocycles. The lowest BCUT2D eigenvalue weighted by molar-refractivity contribution is -0.115. The Morgan fingerprint density at radius 2 is 2.05 bits per heavy atom. The highest BCUT2D eigenvalue weighted by atomic mass is 79.9. The summed E-state index contributed by atoms with van der Waals surface area (Å²) in [5.41, 5.74) is 1.23. The summed E-state index contributed by atoms with van der Waals surface area (Å²) in [7, 11) is 0. The Hall–Kier alpha value is -1.39. The largest absolute Gasteiger partial charge is 0.326 e. The van der Waals surface area contributed by atoms with Crippen molar-refractivity contribution in [1.82, 2.24) is 0 Å². The van der Waals surface area contributed by atoms with E-state index in [0.717, 1.165) is 4.47 Å². The number of carbonyl (C=O) groups excluding carboxylic acids is 1. The number of nitrogens with one attached hydrogen (secondary N) is 1. The summed E-state index contributed by atoms with van der Waals surface area (Å²) in [6, 6.07) is 11.1. The summed E-state index contributed by atoms with van der Waals surface area (Å²) in [6.07, 6.45) is 0.117. The van der Waals surface area contributed by atoms with E-state index in [-0.39, 0.29) is 18.1 Å². The first-order valence-corrected chi connectivity index (χ1v) is 6.71. The van der Waals surface area contributed by atoms with E-state index in [1.165, 1.54) is 12.1 Å². The van der Waals surface area contributed by atoms with E-state index in [1.54, 1.807) is 30.3 Å². The Morgan fingerprint density at radius 1 is 1.26 bits per heavy atom. The molecule has 0 fully saturated rings. The molecule has 0 aliphatic rings. The first-order chi connectivity index (χ1) is 9.04. The van der Waals surface area contributed by atoms with Crippen molar-refractivity contribution in [2.75, 3.05) is 5.32 Å². The number of halogens is 3. The molecule has 0 bridgehead atoms. The third kappa shape index (κ3) is 4.04. The van der Waals surface area contributed by atoms with Crippen LogP contribution in [0.4, 0.5) is 10.1 Å². The van der Waals surface area contributed by atoms with Crippen LogP contribution in [-0.4, -0.2) is 5.91 Å². The van der Waals surface area contributed by atoms with Crippen LogP contribution >= 0.6 is 27.5 Å². The first kappa shape index (κ1) is 14.0. The number of carbonyl (C=O) groups is 1. The number of amides is 1.